The smallest absolute Gasteiger partial charge is 0.0431 e. The van der Waals surface area contributed by atoms with E-state index in [2.05, 4.69) is 42.2 Å². The molecular weight excluding hydrogens is 198 g/mol. The van der Waals surface area contributed by atoms with Crippen LogP contribution in [0.3, 0.4) is 0 Å². The number of hydrogen-bond acceptors (Lipinski definition) is 2. The molecule has 0 heterocycles. The number of nitrogens with zero attached hydrogens (tertiary/aromatic N) is 1. The fourth-order valence-corrected chi connectivity index (χ4v) is 1.88. The lowest BCUT2D eigenvalue weighted by Gasteiger charge is -2.22. The molecule has 1 N–H and O–H groups in total. The van der Waals surface area contributed by atoms with Gasteiger partial charge in [-0.3, -0.25) is 0 Å². The molecule has 2 heteroatoms. The molecule has 16 heavy (non-hydrogen) atoms. The van der Waals surface area contributed by atoms with Gasteiger partial charge in [0, 0.05) is 25.4 Å². The van der Waals surface area contributed by atoms with Crippen LogP contribution in [-0.2, 0) is 0 Å². The van der Waals surface area contributed by atoms with Crippen molar-refractivity contribution in [2.45, 2.75) is 32.6 Å². The number of aliphatic hydroxyl groups excluding tert-OH is 1. The summed E-state index contributed by atoms with van der Waals surface area (Å²) in [5.41, 5.74) is 1.31. The van der Waals surface area contributed by atoms with E-state index in [0.717, 1.165) is 25.9 Å². The van der Waals surface area contributed by atoms with Crippen molar-refractivity contribution in [3.8, 4) is 0 Å². The van der Waals surface area contributed by atoms with Crippen molar-refractivity contribution in [3.05, 3.63) is 30.3 Å². The molecule has 0 bridgehead atoms. The van der Waals surface area contributed by atoms with Gasteiger partial charge in [0.15, 0.2) is 0 Å². The third kappa shape index (κ3) is 4.67. The van der Waals surface area contributed by atoms with Crippen molar-refractivity contribution >= 4 is 5.69 Å². The molecule has 1 aromatic carbocycles. The number of hydrogen-bond donors (Lipinski definition) is 1. The lowest BCUT2D eigenvalue weighted by molar-refractivity contribution is 0.282. The highest BCUT2D eigenvalue weighted by Gasteiger charge is 2.02. The summed E-state index contributed by atoms with van der Waals surface area (Å²) < 4.78 is 0. The van der Waals surface area contributed by atoms with Gasteiger partial charge in [-0.2, -0.15) is 0 Å². The van der Waals surface area contributed by atoms with Crippen molar-refractivity contribution in [1.82, 2.24) is 0 Å². The Hall–Kier alpha value is -1.02. The zero-order chi connectivity index (χ0) is 11.6. The molecule has 2 nitrogen and oxygen atoms in total. The second kappa shape index (κ2) is 8.17. The van der Waals surface area contributed by atoms with Crippen LogP contribution in [0.15, 0.2) is 30.3 Å². The van der Waals surface area contributed by atoms with Crippen molar-refractivity contribution < 1.29 is 5.11 Å². The van der Waals surface area contributed by atoms with Crippen LogP contribution < -0.4 is 4.90 Å². The zero-order valence-corrected chi connectivity index (χ0v) is 10.2. The Labute approximate surface area is 98.9 Å². The van der Waals surface area contributed by atoms with Crippen LogP contribution in [0.2, 0.25) is 0 Å². The SMILES string of the molecule is CCN(CCCCCCO)c1ccccc1. The van der Waals surface area contributed by atoms with E-state index in [1.165, 1.54) is 18.5 Å². The predicted molar refractivity (Wildman–Crippen MR) is 69.9 cm³/mol. The van der Waals surface area contributed by atoms with Gasteiger partial charge in [-0.05, 0) is 31.9 Å². The summed E-state index contributed by atoms with van der Waals surface area (Å²) in [6, 6.07) is 10.6. The summed E-state index contributed by atoms with van der Waals surface area (Å²) >= 11 is 0. The second-order valence-electron chi connectivity index (χ2n) is 4.05. The average molecular weight is 221 g/mol. The van der Waals surface area contributed by atoms with Crippen LogP contribution in [0.25, 0.3) is 0 Å². The van der Waals surface area contributed by atoms with Gasteiger partial charge in [-0.1, -0.05) is 31.0 Å². The van der Waals surface area contributed by atoms with Gasteiger partial charge in [0.25, 0.3) is 0 Å². The highest BCUT2D eigenvalue weighted by molar-refractivity contribution is 5.45. The normalized spacial score (nSPS) is 10.4. The van der Waals surface area contributed by atoms with Gasteiger partial charge in [0.1, 0.15) is 0 Å². The van der Waals surface area contributed by atoms with E-state index in [1.54, 1.807) is 0 Å². The lowest BCUT2D eigenvalue weighted by Crippen LogP contribution is -2.23. The van der Waals surface area contributed by atoms with Crippen molar-refractivity contribution in [3.63, 3.8) is 0 Å². The number of aliphatic hydroxyl groups is 1. The van der Waals surface area contributed by atoms with Gasteiger partial charge in [-0.15, -0.1) is 0 Å². The van der Waals surface area contributed by atoms with Crippen LogP contribution in [-0.4, -0.2) is 24.8 Å². The molecule has 0 saturated heterocycles. The third-order valence-electron chi connectivity index (χ3n) is 2.84. The van der Waals surface area contributed by atoms with Gasteiger partial charge in [0.05, 0.1) is 0 Å². The van der Waals surface area contributed by atoms with Crippen LogP contribution in [0.1, 0.15) is 32.6 Å². The predicted octanol–water partition coefficient (Wildman–Crippen LogP) is 3.07. The van der Waals surface area contributed by atoms with Crippen molar-refractivity contribution in [2.75, 3.05) is 24.6 Å². The standard InChI is InChI=1S/C14H23NO/c1-2-15(12-8-3-4-9-13-16)14-10-6-5-7-11-14/h5-7,10-11,16H,2-4,8-9,12-13H2,1H3. The van der Waals surface area contributed by atoms with E-state index >= 15 is 0 Å². The van der Waals surface area contributed by atoms with Crippen LogP contribution in [0.4, 0.5) is 5.69 Å². The molecule has 1 aromatic rings. The van der Waals surface area contributed by atoms with E-state index < -0.39 is 0 Å². The summed E-state index contributed by atoms with van der Waals surface area (Å²) in [5, 5.41) is 8.69. The Morgan fingerprint density at radius 2 is 1.69 bits per heavy atom. The minimum Gasteiger partial charge on any atom is -0.396 e. The molecule has 0 aromatic heterocycles. The third-order valence-corrected chi connectivity index (χ3v) is 2.84. The quantitative estimate of drug-likeness (QED) is 0.682. The van der Waals surface area contributed by atoms with Crippen LogP contribution >= 0.6 is 0 Å². The molecule has 0 radical (unpaired) electrons. The molecule has 0 atom stereocenters. The largest absolute Gasteiger partial charge is 0.396 e. The Balaban J connectivity index is 2.27. The number of rotatable bonds is 8. The highest BCUT2D eigenvalue weighted by atomic mass is 16.2. The Morgan fingerprint density at radius 1 is 1.00 bits per heavy atom. The molecular formula is C14H23NO. The summed E-state index contributed by atoms with van der Waals surface area (Å²) in [5.74, 6) is 0. The molecule has 0 aliphatic rings. The van der Waals surface area contributed by atoms with Gasteiger partial charge < -0.3 is 10.0 Å². The number of unbranched alkanes of at least 4 members (excludes halogenated alkanes) is 3. The summed E-state index contributed by atoms with van der Waals surface area (Å²) in [7, 11) is 0. The van der Waals surface area contributed by atoms with E-state index in [0.29, 0.717) is 6.61 Å². The van der Waals surface area contributed by atoms with Gasteiger partial charge in [0.2, 0.25) is 0 Å². The summed E-state index contributed by atoms with van der Waals surface area (Å²) in [6.45, 7) is 4.70. The molecule has 90 valence electrons. The first kappa shape index (κ1) is 13.0. The van der Waals surface area contributed by atoms with Crippen LogP contribution in [0, 0.1) is 0 Å². The van der Waals surface area contributed by atoms with Crippen LogP contribution in [0.5, 0.6) is 0 Å². The van der Waals surface area contributed by atoms with Gasteiger partial charge >= 0.3 is 0 Å². The minimum atomic E-state index is 0.330. The Morgan fingerprint density at radius 3 is 2.31 bits per heavy atom. The first-order chi connectivity index (χ1) is 7.88. The van der Waals surface area contributed by atoms with E-state index in [-0.39, 0.29) is 0 Å². The molecule has 0 aliphatic heterocycles. The molecule has 0 saturated carbocycles. The number of para-hydroxylation sites is 1. The monoisotopic (exact) mass is 221 g/mol. The number of benzene rings is 1. The maximum absolute atomic E-state index is 8.69. The fraction of sp³-hybridized carbons (Fsp3) is 0.571. The Bertz CT molecular complexity index is 261. The van der Waals surface area contributed by atoms with E-state index in [9.17, 15) is 0 Å². The zero-order valence-electron chi connectivity index (χ0n) is 10.2. The fourth-order valence-electron chi connectivity index (χ4n) is 1.88. The maximum Gasteiger partial charge on any atom is 0.0431 e. The first-order valence-corrected chi connectivity index (χ1v) is 6.29. The number of anilines is 1. The highest BCUT2D eigenvalue weighted by Crippen LogP contribution is 2.13. The maximum atomic E-state index is 8.69. The molecule has 0 amide bonds. The summed E-state index contributed by atoms with van der Waals surface area (Å²) in [4.78, 5) is 2.40. The van der Waals surface area contributed by atoms with Gasteiger partial charge in [-0.25, -0.2) is 0 Å². The van der Waals surface area contributed by atoms with E-state index in [1.807, 2.05) is 0 Å². The molecule has 0 fully saturated rings. The lowest BCUT2D eigenvalue weighted by atomic mass is 10.2. The molecule has 1 rings (SSSR count). The molecule has 0 aliphatic carbocycles. The van der Waals surface area contributed by atoms with E-state index in [4.69, 9.17) is 5.11 Å². The van der Waals surface area contributed by atoms with Crippen molar-refractivity contribution in [1.29, 1.82) is 0 Å². The van der Waals surface area contributed by atoms with Crippen molar-refractivity contribution in [2.24, 2.45) is 0 Å². The topological polar surface area (TPSA) is 23.5 Å². The minimum absolute atomic E-state index is 0.330. The molecule has 0 unspecified atom stereocenters. The second-order valence-corrected chi connectivity index (χ2v) is 4.05. The Kier molecular flexibility index (Phi) is 6.66. The first-order valence-electron chi connectivity index (χ1n) is 6.29. The molecule has 0 spiro atoms. The average Bonchev–Trinajstić information content (AvgIpc) is 2.35. The summed E-state index contributed by atoms with van der Waals surface area (Å²) in [6.07, 6.45) is 4.51.